The molecule has 4 N–H and O–H groups in total. The van der Waals surface area contributed by atoms with Crippen molar-refractivity contribution in [1.82, 2.24) is 5.32 Å². The molecule has 0 aromatic heterocycles. The SMILES string of the molecule is C[C@@H](Nc1cccc(C(N)=O)c1)C(=O)NCCC1=CCCCC1. The third-order valence-electron chi connectivity index (χ3n) is 4.05. The topological polar surface area (TPSA) is 84.2 Å². The highest BCUT2D eigenvalue weighted by molar-refractivity contribution is 5.94. The minimum absolute atomic E-state index is 0.0501. The number of benzene rings is 1. The fraction of sp³-hybridized carbons (Fsp3) is 0.444. The molecule has 1 aromatic rings. The Morgan fingerprint density at radius 3 is 2.83 bits per heavy atom. The molecule has 0 unspecified atom stereocenters. The monoisotopic (exact) mass is 315 g/mol. The van der Waals surface area contributed by atoms with E-state index in [4.69, 9.17) is 5.73 Å². The Morgan fingerprint density at radius 1 is 1.30 bits per heavy atom. The number of primary amides is 1. The number of hydrogen-bond acceptors (Lipinski definition) is 3. The fourth-order valence-corrected chi connectivity index (χ4v) is 2.71. The van der Waals surface area contributed by atoms with E-state index in [-0.39, 0.29) is 11.9 Å². The van der Waals surface area contributed by atoms with Crippen molar-refractivity contribution in [2.75, 3.05) is 11.9 Å². The van der Waals surface area contributed by atoms with Crippen molar-refractivity contribution < 1.29 is 9.59 Å². The van der Waals surface area contributed by atoms with Gasteiger partial charge in [-0.05, 0) is 57.2 Å². The normalized spacial score (nSPS) is 15.4. The number of hydrogen-bond donors (Lipinski definition) is 3. The highest BCUT2D eigenvalue weighted by Gasteiger charge is 2.13. The number of rotatable bonds is 7. The van der Waals surface area contributed by atoms with Gasteiger partial charge in [-0.1, -0.05) is 17.7 Å². The summed E-state index contributed by atoms with van der Waals surface area (Å²) >= 11 is 0. The Morgan fingerprint density at radius 2 is 2.13 bits per heavy atom. The quantitative estimate of drug-likeness (QED) is 0.676. The molecule has 0 saturated carbocycles. The highest BCUT2D eigenvalue weighted by Crippen LogP contribution is 2.19. The zero-order valence-electron chi connectivity index (χ0n) is 13.6. The predicted octanol–water partition coefficient (Wildman–Crippen LogP) is 2.59. The second kappa shape index (κ2) is 8.36. The van der Waals surface area contributed by atoms with Crippen LogP contribution >= 0.6 is 0 Å². The van der Waals surface area contributed by atoms with Crippen molar-refractivity contribution in [2.24, 2.45) is 5.73 Å². The Hall–Kier alpha value is -2.30. The van der Waals surface area contributed by atoms with Crippen LogP contribution in [0, 0.1) is 0 Å². The van der Waals surface area contributed by atoms with E-state index in [1.54, 1.807) is 25.1 Å². The smallest absolute Gasteiger partial charge is 0.248 e. The van der Waals surface area contributed by atoms with Gasteiger partial charge in [0.1, 0.15) is 6.04 Å². The zero-order chi connectivity index (χ0) is 16.7. The summed E-state index contributed by atoms with van der Waals surface area (Å²) in [7, 11) is 0. The lowest BCUT2D eigenvalue weighted by Gasteiger charge is -2.17. The summed E-state index contributed by atoms with van der Waals surface area (Å²) in [5, 5.41) is 6.04. The zero-order valence-corrected chi connectivity index (χ0v) is 13.6. The van der Waals surface area contributed by atoms with Crippen molar-refractivity contribution in [3.63, 3.8) is 0 Å². The van der Waals surface area contributed by atoms with Gasteiger partial charge in [0.2, 0.25) is 11.8 Å². The summed E-state index contributed by atoms with van der Waals surface area (Å²) in [5.74, 6) is -0.530. The van der Waals surface area contributed by atoms with Crippen LogP contribution in [0.5, 0.6) is 0 Å². The van der Waals surface area contributed by atoms with E-state index in [0.717, 1.165) is 19.3 Å². The molecular formula is C18H25N3O2. The van der Waals surface area contributed by atoms with Gasteiger partial charge in [0.15, 0.2) is 0 Å². The molecule has 1 aliphatic rings. The number of amides is 2. The van der Waals surface area contributed by atoms with Gasteiger partial charge in [0.05, 0.1) is 0 Å². The van der Waals surface area contributed by atoms with Crippen molar-refractivity contribution in [1.29, 1.82) is 0 Å². The molecule has 124 valence electrons. The van der Waals surface area contributed by atoms with E-state index >= 15 is 0 Å². The third kappa shape index (κ3) is 5.43. The molecule has 0 spiro atoms. The molecular weight excluding hydrogens is 290 g/mol. The van der Waals surface area contributed by atoms with Gasteiger partial charge in [-0.3, -0.25) is 9.59 Å². The molecule has 5 heteroatoms. The first-order chi connectivity index (χ1) is 11.1. The summed E-state index contributed by atoms with van der Waals surface area (Å²) in [6, 6.07) is 6.47. The van der Waals surface area contributed by atoms with Crippen LogP contribution in [0.3, 0.4) is 0 Å². The first kappa shape index (κ1) is 17.1. The van der Waals surface area contributed by atoms with Crippen molar-refractivity contribution in [3.8, 4) is 0 Å². The summed E-state index contributed by atoms with van der Waals surface area (Å²) in [6.07, 6.45) is 8.08. The average Bonchev–Trinajstić information content (AvgIpc) is 2.56. The van der Waals surface area contributed by atoms with E-state index in [1.807, 2.05) is 6.07 Å². The maximum atomic E-state index is 12.1. The van der Waals surface area contributed by atoms with E-state index in [9.17, 15) is 9.59 Å². The fourth-order valence-electron chi connectivity index (χ4n) is 2.71. The number of nitrogens with one attached hydrogen (secondary N) is 2. The van der Waals surface area contributed by atoms with Crippen LogP contribution in [0.15, 0.2) is 35.9 Å². The maximum absolute atomic E-state index is 12.1. The average molecular weight is 315 g/mol. The van der Waals surface area contributed by atoms with Gasteiger partial charge in [0.25, 0.3) is 0 Å². The van der Waals surface area contributed by atoms with Gasteiger partial charge in [-0.2, -0.15) is 0 Å². The maximum Gasteiger partial charge on any atom is 0.248 e. The van der Waals surface area contributed by atoms with Gasteiger partial charge in [-0.15, -0.1) is 0 Å². The lowest BCUT2D eigenvalue weighted by Crippen LogP contribution is -2.38. The third-order valence-corrected chi connectivity index (χ3v) is 4.05. The van der Waals surface area contributed by atoms with Crippen LogP contribution in [0.1, 0.15) is 49.4 Å². The number of carbonyl (C=O) groups is 2. The molecule has 0 bridgehead atoms. The first-order valence-electron chi connectivity index (χ1n) is 8.18. The van der Waals surface area contributed by atoms with Crippen LogP contribution in [-0.2, 0) is 4.79 Å². The van der Waals surface area contributed by atoms with Gasteiger partial charge in [-0.25, -0.2) is 0 Å². The first-order valence-corrected chi connectivity index (χ1v) is 8.18. The molecule has 2 rings (SSSR count). The molecule has 1 aromatic carbocycles. The molecule has 0 heterocycles. The van der Waals surface area contributed by atoms with Gasteiger partial charge in [0, 0.05) is 17.8 Å². The summed E-state index contributed by atoms with van der Waals surface area (Å²) in [6.45, 7) is 2.46. The minimum atomic E-state index is -0.480. The van der Waals surface area contributed by atoms with Crippen LogP contribution in [0.4, 0.5) is 5.69 Å². The Labute approximate surface area is 137 Å². The standard InChI is InChI=1S/C18H25N3O2/c1-13(21-16-9-5-8-15(12-16)17(19)22)18(23)20-11-10-14-6-3-2-4-7-14/h5-6,8-9,12-13,21H,2-4,7,10-11H2,1H3,(H2,19,22)(H,20,23)/t13-/m1/s1. The van der Waals surface area contributed by atoms with E-state index in [1.165, 1.54) is 18.4 Å². The largest absolute Gasteiger partial charge is 0.374 e. The summed E-state index contributed by atoms with van der Waals surface area (Å²) < 4.78 is 0. The molecule has 0 aliphatic heterocycles. The number of anilines is 1. The van der Waals surface area contributed by atoms with Crippen molar-refractivity contribution in [3.05, 3.63) is 41.5 Å². The number of nitrogens with two attached hydrogens (primary N) is 1. The molecule has 23 heavy (non-hydrogen) atoms. The Balaban J connectivity index is 1.79. The van der Waals surface area contributed by atoms with Gasteiger partial charge < -0.3 is 16.4 Å². The Bertz CT molecular complexity index is 596. The molecule has 1 aliphatic carbocycles. The number of allylic oxidation sites excluding steroid dienone is 1. The molecule has 0 fully saturated rings. The second-order valence-corrected chi connectivity index (χ2v) is 5.96. The highest BCUT2D eigenvalue weighted by atomic mass is 16.2. The second-order valence-electron chi connectivity index (χ2n) is 5.96. The Kier molecular flexibility index (Phi) is 6.20. The van der Waals surface area contributed by atoms with Gasteiger partial charge >= 0.3 is 0 Å². The lowest BCUT2D eigenvalue weighted by atomic mass is 9.97. The van der Waals surface area contributed by atoms with Crippen molar-refractivity contribution >= 4 is 17.5 Å². The van der Waals surface area contributed by atoms with Crippen LogP contribution in [0.25, 0.3) is 0 Å². The molecule has 1 atom stereocenters. The van der Waals surface area contributed by atoms with Crippen LogP contribution < -0.4 is 16.4 Å². The summed E-state index contributed by atoms with van der Waals surface area (Å²) in [4.78, 5) is 23.3. The minimum Gasteiger partial charge on any atom is -0.374 e. The van der Waals surface area contributed by atoms with Crippen LogP contribution in [-0.4, -0.2) is 24.4 Å². The lowest BCUT2D eigenvalue weighted by molar-refractivity contribution is -0.121. The van der Waals surface area contributed by atoms with E-state index in [2.05, 4.69) is 16.7 Å². The molecule has 5 nitrogen and oxygen atoms in total. The molecule has 2 amide bonds. The van der Waals surface area contributed by atoms with E-state index in [0.29, 0.717) is 17.8 Å². The summed E-state index contributed by atoms with van der Waals surface area (Å²) in [5.41, 5.74) is 7.84. The van der Waals surface area contributed by atoms with E-state index < -0.39 is 5.91 Å². The van der Waals surface area contributed by atoms with Crippen LogP contribution in [0.2, 0.25) is 0 Å². The number of carbonyl (C=O) groups excluding carboxylic acids is 2. The predicted molar refractivity (Wildman–Crippen MR) is 92.2 cm³/mol. The molecule has 0 radical (unpaired) electrons. The van der Waals surface area contributed by atoms with Crippen molar-refractivity contribution in [2.45, 2.75) is 45.1 Å². The molecule has 0 saturated heterocycles.